The number of hydrogen-bond acceptors (Lipinski definition) is 6. The summed E-state index contributed by atoms with van der Waals surface area (Å²) in [5.74, 6) is -0.709. The van der Waals surface area contributed by atoms with Crippen LogP contribution in [0.15, 0.2) is 28.3 Å². The van der Waals surface area contributed by atoms with Crippen molar-refractivity contribution in [2.75, 3.05) is 13.4 Å². The van der Waals surface area contributed by atoms with E-state index in [9.17, 15) is 13.2 Å². The van der Waals surface area contributed by atoms with Crippen LogP contribution >= 0.6 is 11.6 Å². The van der Waals surface area contributed by atoms with Gasteiger partial charge in [0.05, 0.1) is 17.0 Å². The van der Waals surface area contributed by atoms with Gasteiger partial charge >= 0.3 is 5.97 Å². The molecule has 0 N–H and O–H groups in total. The first kappa shape index (κ1) is 17.5. The van der Waals surface area contributed by atoms with Gasteiger partial charge in [0, 0.05) is 11.8 Å². The summed E-state index contributed by atoms with van der Waals surface area (Å²) < 4.78 is 27.6. The molecule has 0 atom stereocenters. The molecule has 116 valence electrons. The molecule has 21 heavy (non-hydrogen) atoms. The second-order valence-electron chi connectivity index (χ2n) is 4.50. The average molecular weight is 334 g/mol. The van der Waals surface area contributed by atoms with Gasteiger partial charge < -0.3 is 9.57 Å². The predicted octanol–water partition coefficient (Wildman–Crippen LogP) is 2.05. The summed E-state index contributed by atoms with van der Waals surface area (Å²) in [5.41, 5.74) is 0.216. The van der Waals surface area contributed by atoms with Crippen molar-refractivity contribution < 1.29 is 22.8 Å². The molecule has 0 fully saturated rings. The van der Waals surface area contributed by atoms with Crippen molar-refractivity contribution in [3.8, 4) is 0 Å². The number of benzene rings is 1. The topological polar surface area (TPSA) is 82.0 Å². The van der Waals surface area contributed by atoms with Crippen LogP contribution < -0.4 is 0 Å². The van der Waals surface area contributed by atoms with Crippen LogP contribution in [0.3, 0.4) is 0 Å². The van der Waals surface area contributed by atoms with Gasteiger partial charge in [-0.3, -0.25) is 0 Å². The summed E-state index contributed by atoms with van der Waals surface area (Å²) in [5, 5.41) is 3.73. The average Bonchev–Trinajstić information content (AvgIpc) is 2.36. The summed E-state index contributed by atoms with van der Waals surface area (Å²) >= 11 is 5.94. The quantitative estimate of drug-likeness (QED) is 0.468. The molecule has 0 saturated carbocycles. The summed E-state index contributed by atoms with van der Waals surface area (Å²) in [7, 11) is -2.24. The summed E-state index contributed by atoms with van der Waals surface area (Å²) in [4.78, 5) is 16.7. The Morgan fingerprint density at radius 1 is 1.33 bits per heavy atom. The Hall–Kier alpha value is -1.60. The number of carbonyl (C=O) groups is 1. The molecule has 0 unspecified atom stereocenters. The van der Waals surface area contributed by atoms with Gasteiger partial charge in [0.15, 0.2) is 15.5 Å². The molecule has 1 aromatic rings. The Morgan fingerprint density at radius 2 is 1.95 bits per heavy atom. The Balaban J connectivity index is 3.31. The molecular formula is C13H16ClNO5S. The molecule has 0 aliphatic heterocycles. The molecule has 0 spiro atoms. The molecule has 1 rings (SSSR count). The molecule has 0 heterocycles. The fourth-order valence-corrected chi connectivity index (χ4v) is 2.74. The minimum atomic E-state index is -3.45. The Labute approximate surface area is 128 Å². The third-order valence-electron chi connectivity index (χ3n) is 2.34. The van der Waals surface area contributed by atoms with E-state index in [0.29, 0.717) is 5.56 Å². The second-order valence-corrected chi connectivity index (χ2v) is 6.89. The zero-order chi connectivity index (χ0) is 16.2. The number of sulfone groups is 1. The number of ether oxygens (including phenoxy) is 1. The van der Waals surface area contributed by atoms with E-state index in [1.807, 2.05) is 0 Å². The van der Waals surface area contributed by atoms with Crippen LogP contribution in [0.4, 0.5) is 0 Å². The van der Waals surface area contributed by atoms with Crippen LogP contribution in [0.2, 0.25) is 5.02 Å². The Kier molecular flexibility index (Phi) is 5.74. The molecule has 0 aromatic heterocycles. The van der Waals surface area contributed by atoms with E-state index in [1.54, 1.807) is 13.8 Å². The van der Waals surface area contributed by atoms with Crippen molar-refractivity contribution in [2.24, 2.45) is 5.16 Å². The highest BCUT2D eigenvalue weighted by atomic mass is 35.5. The van der Waals surface area contributed by atoms with Crippen LogP contribution in [0, 0.1) is 0 Å². The van der Waals surface area contributed by atoms with Gasteiger partial charge in [0.1, 0.15) is 6.10 Å². The van der Waals surface area contributed by atoms with Crippen molar-refractivity contribution in [2.45, 2.75) is 24.8 Å². The number of halogens is 1. The van der Waals surface area contributed by atoms with E-state index >= 15 is 0 Å². The lowest BCUT2D eigenvalue weighted by Gasteiger charge is -2.09. The second kappa shape index (κ2) is 6.91. The number of nitrogens with zero attached hydrogens (tertiary/aromatic N) is 1. The maximum Gasteiger partial charge on any atom is 0.360 e. The molecule has 0 radical (unpaired) electrons. The van der Waals surface area contributed by atoms with Crippen LogP contribution in [-0.2, 0) is 24.2 Å². The molecule has 0 amide bonds. The fraction of sp³-hybridized carbons (Fsp3) is 0.385. The number of hydrogen-bond donors (Lipinski definition) is 0. The molecular weight excluding hydrogens is 318 g/mol. The first-order chi connectivity index (χ1) is 9.66. The lowest BCUT2D eigenvalue weighted by molar-refractivity contribution is -0.132. The first-order valence-electron chi connectivity index (χ1n) is 5.99. The van der Waals surface area contributed by atoms with E-state index < -0.39 is 15.8 Å². The van der Waals surface area contributed by atoms with Gasteiger partial charge in [-0.2, -0.15) is 0 Å². The van der Waals surface area contributed by atoms with E-state index in [1.165, 1.54) is 25.3 Å². The maximum absolute atomic E-state index is 11.7. The number of carbonyl (C=O) groups excluding carboxylic acids is 1. The van der Waals surface area contributed by atoms with Crippen molar-refractivity contribution in [1.29, 1.82) is 0 Å². The van der Waals surface area contributed by atoms with Crippen molar-refractivity contribution in [3.63, 3.8) is 0 Å². The zero-order valence-electron chi connectivity index (χ0n) is 12.1. The SMILES string of the molecule is COC(=O)C(=NOC(C)C)c1ccc(S(C)(=O)=O)c(Cl)c1. The summed E-state index contributed by atoms with van der Waals surface area (Å²) in [6.45, 7) is 3.50. The molecule has 0 saturated heterocycles. The zero-order valence-corrected chi connectivity index (χ0v) is 13.7. The molecule has 1 aromatic carbocycles. The third kappa shape index (κ3) is 4.71. The number of methoxy groups -OCH3 is 1. The van der Waals surface area contributed by atoms with Gasteiger partial charge in [0.25, 0.3) is 0 Å². The minimum absolute atomic E-state index is 0.00356. The first-order valence-corrected chi connectivity index (χ1v) is 8.26. The van der Waals surface area contributed by atoms with E-state index in [-0.39, 0.29) is 21.7 Å². The number of oxime groups is 1. The molecule has 6 nitrogen and oxygen atoms in total. The highest BCUT2D eigenvalue weighted by Crippen LogP contribution is 2.23. The summed E-state index contributed by atoms with van der Waals surface area (Å²) in [6, 6.07) is 4.06. The van der Waals surface area contributed by atoms with Crippen molar-refractivity contribution >= 4 is 33.1 Å². The van der Waals surface area contributed by atoms with Crippen molar-refractivity contribution in [3.05, 3.63) is 28.8 Å². The van der Waals surface area contributed by atoms with Gasteiger partial charge in [-0.05, 0) is 26.0 Å². The number of esters is 1. The third-order valence-corrected chi connectivity index (χ3v) is 3.92. The molecule has 0 aliphatic rings. The Bertz CT molecular complexity index is 667. The van der Waals surface area contributed by atoms with Gasteiger partial charge in [-0.15, -0.1) is 0 Å². The summed E-state index contributed by atoms with van der Waals surface area (Å²) in [6.07, 6.45) is 0.820. The van der Waals surface area contributed by atoms with Gasteiger partial charge in [-0.25, -0.2) is 13.2 Å². The van der Waals surface area contributed by atoms with Gasteiger partial charge in [-0.1, -0.05) is 22.8 Å². The molecule has 0 bridgehead atoms. The van der Waals surface area contributed by atoms with Crippen LogP contribution in [0.1, 0.15) is 19.4 Å². The molecule has 0 aliphatic carbocycles. The standard InChI is InChI=1S/C13H16ClNO5S/c1-8(2)20-15-12(13(16)19-3)9-5-6-11(10(14)7-9)21(4,17)18/h5-8H,1-4H3. The van der Waals surface area contributed by atoms with E-state index in [4.69, 9.17) is 16.4 Å². The minimum Gasteiger partial charge on any atom is -0.464 e. The van der Waals surface area contributed by atoms with Crippen molar-refractivity contribution in [1.82, 2.24) is 0 Å². The lowest BCUT2D eigenvalue weighted by atomic mass is 10.1. The van der Waals surface area contributed by atoms with E-state index in [0.717, 1.165) is 6.26 Å². The Morgan fingerprint density at radius 3 is 2.38 bits per heavy atom. The highest BCUT2D eigenvalue weighted by Gasteiger charge is 2.19. The smallest absolute Gasteiger partial charge is 0.360 e. The largest absolute Gasteiger partial charge is 0.464 e. The molecule has 8 heteroatoms. The normalized spacial score (nSPS) is 12.4. The fourth-order valence-electron chi connectivity index (χ4n) is 1.41. The lowest BCUT2D eigenvalue weighted by Crippen LogP contribution is -2.18. The monoisotopic (exact) mass is 333 g/mol. The predicted molar refractivity (Wildman–Crippen MR) is 79.3 cm³/mol. The van der Waals surface area contributed by atoms with E-state index in [2.05, 4.69) is 9.89 Å². The van der Waals surface area contributed by atoms with Crippen LogP contribution in [0.5, 0.6) is 0 Å². The van der Waals surface area contributed by atoms with Crippen LogP contribution in [0.25, 0.3) is 0 Å². The highest BCUT2D eigenvalue weighted by molar-refractivity contribution is 7.90. The van der Waals surface area contributed by atoms with Gasteiger partial charge in [0.2, 0.25) is 0 Å². The maximum atomic E-state index is 11.7. The number of rotatable bonds is 5. The van der Waals surface area contributed by atoms with Crippen LogP contribution in [-0.4, -0.2) is 39.6 Å².